The van der Waals surface area contributed by atoms with Crippen molar-refractivity contribution in [3.63, 3.8) is 0 Å². The molecule has 0 bridgehead atoms. The fraction of sp³-hybridized carbons (Fsp3) is 0.393. The highest BCUT2D eigenvalue weighted by molar-refractivity contribution is 5.93. The summed E-state index contributed by atoms with van der Waals surface area (Å²) in [5, 5.41) is 3.36. The van der Waals surface area contributed by atoms with Gasteiger partial charge in [0.15, 0.2) is 0 Å². The number of benzene rings is 4. The van der Waals surface area contributed by atoms with Crippen LogP contribution in [-0.4, -0.2) is 83.6 Å². The second-order valence-corrected chi connectivity index (χ2v) is 18.6. The van der Waals surface area contributed by atoms with Gasteiger partial charge in [0, 0.05) is 47.5 Å². The summed E-state index contributed by atoms with van der Waals surface area (Å²) in [7, 11) is 3.19. The summed E-state index contributed by atoms with van der Waals surface area (Å²) in [5.74, 6) is 1.70. The minimum Gasteiger partial charge on any atom is -0.496 e. The highest BCUT2D eigenvalue weighted by Gasteiger charge is 2.36. The fourth-order valence-corrected chi connectivity index (χ4v) is 9.63. The molecule has 8 rings (SSSR count). The molecule has 4 aromatic carbocycles. The van der Waals surface area contributed by atoms with Gasteiger partial charge < -0.3 is 31.2 Å². The van der Waals surface area contributed by atoms with Crippen molar-refractivity contribution < 1.29 is 45.4 Å². The molecular formula is C56H62F6N8O4. The summed E-state index contributed by atoms with van der Waals surface area (Å²) >= 11 is 0. The Labute approximate surface area is 427 Å². The van der Waals surface area contributed by atoms with Gasteiger partial charge in [-0.25, -0.2) is 19.9 Å². The number of hydrogen-bond donors (Lipinski definition) is 3. The maximum absolute atomic E-state index is 13.7. The fourth-order valence-electron chi connectivity index (χ4n) is 9.63. The molecule has 2 amide bonds. The third-order valence-corrected chi connectivity index (χ3v) is 13.8. The Balaban J connectivity index is 0.000000217. The summed E-state index contributed by atoms with van der Waals surface area (Å²) in [6, 6.07) is 25.3. The van der Waals surface area contributed by atoms with Crippen molar-refractivity contribution in [1.82, 2.24) is 30.2 Å². The number of nitrogens with zero attached hydrogens (tertiary/aromatic N) is 5. The summed E-state index contributed by atoms with van der Waals surface area (Å²) in [4.78, 5) is 42.0. The molecule has 0 unspecified atom stereocenters. The standard InChI is InChI=1S/C29H33F3N4O2.C27H29F3N4O2/c1-3-36-13-11-20(12-14-36)21-8-9-22(26(16-21)38-2)17-27-34-18-24(29(30,31)32)25(35-27)10-7-19-5-4-6-23(15-19)28(33)37;1-36-24-14-19(18-9-11-32-12-10-18)6-7-20(24)15-25-33-16-22(27(28,29)30)23(34-25)8-5-17-3-2-4-21(13-17)26(31)35/h4-6,8-9,15-16,18,20H,3,7,10-14,17H2,1-2H3,(H2,33,37);2-4,6-7,13-14,16,18,32H,5,8-12,15H2,1H3,(H2,31,35). The van der Waals surface area contributed by atoms with Crippen LogP contribution in [0.15, 0.2) is 97.3 Å². The molecule has 0 spiro atoms. The number of likely N-dealkylation sites (tertiary alicyclic amines) is 1. The summed E-state index contributed by atoms with van der Waals surface area (Å²) < 4.78 is 93.5. The number of primary amides is 2. The molecule has 2 aromatic heterocycles. The third kappa shape index (κ3) is 14.6. The zero-order valence-electron chi connectivity index (χ0n) is 41.8. The second-order valence-electron chi connectivity index (χ2n) is 18.6. The van der Waals surface area contributed by atoms with E-state index >= 15 is 0 Å². The highest BCUT2D eigenvalue weighted by Crippen LogP contribution is 2.36. The van der Waals surface area contributed by atoms with Crippen LogP contribution >= 0.6 is 0 Å². The molecule has 5 N–H and O–H groups in total. The van der Waals surface area contributed by atoms with Crippen LogP contribution in [0.25, 0.3) is 0 Å². The normalized spacial score (nSPS) is 14.8. The van der Waals surface area contributed by atoms with E-state index < -0.39 is 35.3 Å². The van der Waals surface area contributed by atoms with Crippen molar-refractivity contribution in [2.75, 3.05) is 46.9 Å². The maximum Gasteiger partial charge on any atom is 0.419 e. The van der Waals surface area contributed by atoms with Crippen LogP contribution in [0, 0.1) is 0 Å². The van der Waals surface area contributed by atoms with Crippen molar-refractivity contribution in [3.8, 4) is 11.5 Å². The first-order valence-electron chi connectivity index (χ1n) is 24.8. The number of aromatic nitrogens is 4. The number of amides is 2. The van der Waals surface area contributed by atoms with Crippen LogP contribution in [0.4, 0.5) is 26.3 Å². The maximum atomic E-state index is 13.7. The number of nitrogens with two attached hydrogens (primary N) is 2. The van der Waals surface area contributed by atoms with Crippen molar-refractivity contribution in [1.29, 1.82) is 0 Å². The first-order chi connectivity index (χ1) is 35.4. The van der Waals surface area contributed by atoms with Crippen molar-refractivity contribution in [2.24, 2.45) is 11.5 Å². The SMILES string of the molecule is CCN1CCC(c2ccc(Cc3ncc(C(F)(F)F)c(CCc4cccc(C(N)=O)c4)n3)c(OC)c2)CC1.COc1cc(C2CCNCC2)ccc1Cc1ncc(C(F)(F)F)c(CCc2cccc(C(N)=O)c2)n1. The Kier molecular flexibility index (Phi) is 18.4. The number of aryl methyl sites for hydroxylation is 4. The summed E-state index contributed by atoms with van der Waals surface area (Å²) in [5.41, 5.74) is 14.9. The highest BCUT2D eigenvalue weighted by atomic mass is 19.4. The number of hydrogen-bond acceptors (Lipinski definition) is 10. The smallest absolute Gasteiger partial charge is 0.419 e. The molecule has 0 aliphatic carbocycles. The first kappa shape index (κ1) is 54.8. The van der Waals surface area contributed by atoms with Gasteiger partial charge >= 0.3 is 12.4 Å². The Hall–Kier alpha value is -6.92. The van der Waals surface area contributed by atoms with E-state index in [-0.39, 0.29) is 55.7 Å². The van der Waals surface area contributed by atoms with Crippen molar-refractivity contribution >= 4 is 11.8 Å². The van der Waals surface area contributed by atoms with E-state index in [9.17, 15) is 35.9 Å². The van der Waals surface area contributed by atoms with Gasteiger partial charge in [0.2, 0.25) is 11.8 Å². The number of rotatable bonds is 17. The van der Waals surface area contributed by atoms with E-state index in [1.165, 1.54) is 11.1 Å². The van der Waals surface area contributed by atoms with E-state index in [1.54, 1.807) is 62.8 Å². The average molecular weight is 1030 g/mol. The Bertz CT molecular complexity index is 2880. The molecule has 2 saturated heterocycles. The second kappa shape index (κ2) is 24.9. The van der Waals surface area contributed by atoms with Gasteiger partial charge in [-0.15, -0.1) is 0 Å². The number of halogens is 6. The number of ether oxygens (including phenoxy) is 2. The van der Waals surface area contributed by atoms with Crippen molar-refractivity contribution in [2.45, 2.75) is 95.3 Å². The molecule has 392 valence electrons. The minimum absolute atomic E-state index is 0.0400. The van der Waals surface area contributed by atoms with Gasteiger partial charge in [-0.2, -0.15) is 26.3 Å². The number of methoxy groups -OCH3 is 2. The largest absolute Gasteiger partial charge is 0.496 e. The Morgan fingerprint density at radius 2 is 1.05 bits per heavy atom. The molecule has 2 aliphatic rings. The van der Waals surface area contributed by atoms with Crippen LogP contribution in [0.2, 0.25) is 0 Å². The van der Waals surface area contributed by atoms with Crippen LogP contribution in [0.3, 0.4) is 0 Å². The minimum atomic E-state index is -4.57. The number of carbonyl (C=O) groups is 2. The van der Waals surface area contributed by atoms with Gasteiger partial charge in [0.1, 0.15) is 23.1 Å². The molecule has 0 saturated carbocycles. The van der Waals surface area contributed by atoms with E-state index in [0.29, 0.717) is 51.4 Å². The molecule has 0 atom stereocenters. The molecular weight excluding hydrogens is 963 g/mol. The molecule has 2 fully saturated rings. The molecule has 4 heterocycles. The topological polar surface area (TPSA) is 171 Å². The molecule has 12 nitrogen and oxygen atoms in total. The third-order valence-electron chi connectivity index (χ3n) is 13.8. The van der Waals surface area contributed by atoms with Crippen LogP contribution in [-0.2, 0) is 50.9 Å². The summed E-state index contributed by atoms with van der Waals surface area (Å²) in [6.45, 7) is 7.33. The first-order valence-corrected chi connectivity index (χ1v) is 24.8. The lowest BCUT2D eigenvalue weighted by molar-refractivity contribution is -0.139. The molecule has 2 aliphatic heterocycles. The van der Waals surface area contributed by atoms with E-state index in [2.05, 4.69) is 49.2 Å². The summed E-state index contributed by atoms with van der Waals surface area (Å²) in [6.07, 6.45) is -2.03. The van der Waals surface area contributed by atoms with E-state index in [0.717, 1.165) is 81.9 Å². The number of nitrogens with one attached hydrogen (secondary N) is 1. The van der Waals surface area contributed by atoms with Crippen molar-refractivity contribution in [3.05, 3.63) is 176 Å². The quantitative estimate of drug-likeness (QED) is 0.0748. The monoisotopic (exact) mass is 1020 g/mol. The van der Waals surface area contributed by atoms with Gasteiger partial charge in [0.25, 0.3) is 0 Å². The lowest BCUT2D eigenvalue weighted by atomic mass is 9.88. The number of alkyl halides is 6. The average Bonchev–Trinajstić information content (AvgIpc) is 3.40. The van der Waals surface area contributed by atoms with Crippen LogP contribution in [0.5, 0.6) is 11.5 Å². The molecule has 74 heavy (non-hydrogen) atoms. The zero-order valence-corrected chi connectivity index (χ0v) is 41.8. The zero-order chi connectivity index (χ0) is 53.0. The number of carbonyl (C=O) groups excluding carboxylic acids is 2. The van der Waals surface area contributed by atoms with Crippen LogP contribution < -0.4 is 26.3 Å². The van der Waals surface area contributed by atoms with Gasteiger partial charge in [-0.1, -0.05) is 55.5 Å². The number of piperidine rings is 2. The molecule has 0 radical (unpaired) electrons. The predicted molar refractivity (Wildman–Crippen MR) is 269 cm³/mol. The molecule has 18 heteroatoms. The van der Waals surface area contributed by atoms with E-state index in [4.69, 9.17) is 20.9 Å². The predicted octanol–water partition coefficient (Wildman–Crippen LogP) is 9.62. The molecule has 6 aromatic rings. The van der Waals surface area contributed by atoms with Crippen LogP contribution in [0.1, 0.15) is 133 Å². The van der Waals surface area contributed by atoms with Gasteiger partial charge in [0.05, 0.1) is 36.7 Å². The Morgan fingerprint density at radius 1 is 0.622 bits per heavy atom. The lowest BCUT2D eigenvalue weighted by Gasteiger charge is -2.31. The lowest BCUT2D eigenvalue weighted by Crippen LogP contribution is -2.32. The van der Waals surface area contributed by atoms with E-state index in [1.807, 2.05) is 24.3 Å². The van der Waals surface area contributed by atoms with Gasteiger partial charge in [-0.05, 0) is 155 Å². The van der Waals surface area contributed by atoms with Gasteiger partial charge in [-0.3, -0.25) is 9.59 Å². The Morgan fingerprint density at radius 3 is 1.45 bits per heavy atom.